The molecule has 1 amide bonds. The third-order valence-electron chi connectivity index (χ3n) is 5.30. The van der Waals surface area contributed by atoms with Crippen LogP contribution in [0.1, 0.15) is 16.1 Å². The molecule has 0 aliphatic carbocycles. The summed E-state index contributed by atoms with van der Waals surface area (Å²) in [4.78, 5) is 16.5. The Morgan fingerprint density at radius 2 is 2.05 bits per heavy atom. The van der Waals surface area contributed by atoms with Crippen molar-refractivity contribution in [1.29, 1.82) is 0 Å². The van der Waals surface area contributed by atoms with Crippen molar-refractivity contribution in [1.82, 2.24) is 9.88 Å². The molecule has 2 aromatic carbocycles. The summed E-state index contributed by atoms with van der Waals surface area (Å²) in [6.45, 7) is 6.18. The second-order valence-corrected chi connectivity index (χ2v) is 8.39. The Morgan fingerprint density at radius 1 is 1.21 bits per heavy atom. The number of nitrogens with one attached hydrogen (secondary N) is 2. The van der Waals surface area contributed by atoms with Crippen LogP contribution in [0.4, 0.5) is 11.4 Å². The molecule has 0 aliphatic heterocycles. The number of benzene rings is 2. The van der Waals surface area contributed by atoms with E-state index in [0.717, 1.165) is 5.69 Å². The number of anilines is 1. The van der Waals surface area contributed by atoms with E-state index < -0.39 is 0 Å². The summed E-state index contributed by atoms with van der Waals surface area (Å²) in [5.41, 5.74) is 8.62. The van der Waals surface area contributed by atoms with Gasteiger partial charge in [-0.25, -0.2) is 4.99 Å². The Balaban J connectivity index is 1.70. The lowest BCUT2D eigenvalue weighted by Gasteiger charge is -2.16. The van der Waals surface area contributed by atoms with Gasteiger partial charge < -0.3 is 40.3 Å². The third-order valence-corrected chi connectivity index (χ3v) is 5.59. The van der Waals surface area contributed by atoms with Gasteiger partial charge in [0.25, 0.3) is 5.91 Å². The molecule has 0 saturated heterocycles. The van der Waals surface area contributed by atoms with E-state index in [2.05, 4.69) is 22.2 Å². The number of carbonyl (C=O) groups is 1. The van der Waals surface area contributed by atoms with Crippen molar-refractivity contribution in [3.8, 4) is 11.5 Å². The number of ether oxygens (including phenoxy) is 3. The second-order valence-electron chi connectivity index (χ2n) is 7.98. The first-order valence-corrected chi connectivity index (χ1v) is 12.3. The summed E-state index contributed by atoms with van der Waals surface area (Å²) in [6.07, 6.45) is 3.09. The number of nitrogens with two attached hydrogens (primary N) is 1. The minimum Gasteiger partial charge on any atom is -0.456 e. The predicted octanol–water partition coefficient (Wildman–Crippen LogP) is 4.02. The number of aliphatic imine (C=N–C) groups is 1. The predicted molar refractivity (Wildman–Crippen MR) is 150 cm³/mol. The van der Waals surface area contributed by atoms with E-state index >= 15 is 0 Å². The van der Waals surface area contributed by atoms with Crippen molar-refractivity contribution in [3.05, 3.63) is 77.6 Å². The van der Waals surface area contributed by atoms with E-state index in [1.807, 2.05) is 16.8 Å². The summed E-state index contributed by atoms with van der Waals surface area (Å²) >= 11 is 6.51. The molecule has 1 aromatic heterocycles. The zero-order chi connectivity index (χ0) is 27.3. The number of amides is 1. The summed E-state index contributed by atoms with van der Waals surface area (Å²) in [5.74, 6) is 0.680. The minimum absolute atomic E-state index is 0.0361. The van der Waals surface area contributed by atoms with E-state index in [0.29, 0.717) is 65.5 Å². The topological polar surface area (TPSA) is 132 Å². The molecule has 3 aromatic rings. The second kappa shape index (κ2) is 14.8. The van der Waals surface area contributed by atoms with E-state index in [9.17, 15) is 4.79 Å². The molecule has 1 heterocycles. The molecule has 0 spiro atoms. The molecule has 3 rings (SSSR count). The number of aliphatic hydroxyl groups is 1. The first-order valence-electron chi connectivity index (χ1n) is 11.9. The summed E-state index contributed by atoms with van der Waals surface area (Å²) in [6, 6.07) is 13.9. The lowest BCUT2D eigenvalue weighted by Crippen LogP contribution is -2.26. The number of hydrogen-bond acceptors (Lipinski definition) is 7. The Bertz CT molecular complexity index is 1260. The highest BCUT2D eigenvalue weighted by Gasteiger charge is 2.14. The number of rotatable bonds is 15. The van der Waals surface area contributed by atoms with Crippen LogP contribution in [0.5, 0.6) is 11.5 Å². The van der Waals surface area contributed by atoms with Crippen LogP contribution < -0.4 is 21.1 Å². The van der Waals surface area contributed by atoms with Gasteiger partial charge in [-0.2, -0.15) is 0 Å². The molecule has 10 nitrogen and oxygen atoms in total. The van der Waals surface area contributed by atoms with Crippen LogP contribution in [0.25, 0.3) is 5.70 Å². The normalized spacial score (nSPS) is 11.0. The van der Waals surface area contributed by atoms with Crippen molar-refractivity contribution >= 4 is 40.9 Å². The maximum Gasteiger partial charge on any atom is 0.251 e. The van der Waals surface area contributed by atoms with Gasteiger partial charge in [0.1, 0.15) is 11.5 Å². The van der Waals surface area contributed by atoms with Gasteiger partial charge in [-0.15, -0.1) is 0 Å². The minimum atomic E-state index is -0.222. The van der Waals surface area contributed by atoms with Crippen LogP contribution in [-0.2, 0) is 16.0 Å². The molecule has 0 radical (unpaired) electrons. The van der Waals surface area contributed by atoms with Crippen molar-refractivity contribution in [2.24, 2.45) is 10.7 Å². The molecule has 0 unspecified atom stereocenters. The maximum absolute atomic E-state index is 12.3. The van der Waals surface area contributed by atoms with Crippen LogP contribution >= 0.6 is 11.6 Å². The highest BCUT2D eigenvalue weighted by Crippen LogP contribution is 2.34. The molecule has 0 aliphatic rings. The standard InChI is InChI=1S/C27H32ClN5O5/c1-19(26-24(31-18-29)8-10-33(26)11-14-37-15-12-34)32-21-6-7-25(23(28)17-21)38-22-5-3-4-20(16-22)27(35)30-9-13-36-2/h3-8,10,16-18,32,34H,1,9,11-15H2,2H3,(H2,29,31)(H,30,35). The molecular formula is C27H32ClN5O5. The lowest BCUT2D eigenvalue weighted by molar-refractivity contribution is 0.0869. The van der Waals surface area contributed by atoms with Crippen molar-refractivity contribution in [3.63, 3.8) is 0 Å². The molecule has 38 heavy (non-hydrogen) atoms. The van der Waals surface area contributed by atoms with E-state index in [1.54, 1.807) is 49.6 Å². The fraction of sp³-hybridized carbons (Fsp3) is 0.259. The van der Waals surface area contributed by atoms with Gasteiger partial charge in [-0.05, 0) is 42.5 Å². The van der Waals surface area contributed by atoms with Gasteiger partial charge in [-0.1, -0.05) is 24.2 Å². The number of aliphatic hydroxyl groups excluding tert-OH is 1. The van der Waals surface area contributed by atoms with Gasteiger partial charge in [0.15, 0.2) is 0 Å². The maximum atomic E-state index is 12.3. The number of carbonyl (C=O) groups excluding carboxylic acids is 1. The Kier molecular flexibility index (Phi) is 11.2. The molecule has 202 valence electrons. The van der Waals surface area contributed by atoms with Crippen molar-refractivity contribution < 1.29 is 24.1 Å². The Hall–Kier alpha value is -3.83. The van der Waals surface area contributed by atoms with Gasteiger partial charge in [0.05, 0.1) is 54.9 Å². The molecule has 11 heteroatoms. The van der Waals surface area contributed by atoms with Crippen LogP contribution in [0, 0.1) is 0 Å². The number of hydrogen-bond donors (Lipinski definition) is 4. The zero-order valence-electron chi connectivity index (χ0n) is 21.2. The van der Waals surface area contributed by atoms with Gasteiger partial charge in [-0.3, -0.25) is 4.79 Å². The first-order chi connectivity index (χ1) is 18.5. The summed E-state index contributed by atoms with van der Waals surface area (Å²) in [7, 11) is 1.57. The highest BCUT2D eigenvalue weighted by molar-refractivity contribution is 6.32. The summed E-state index contributed by atoms with van der Waals surface area (Å²) in [5, 5.41) is 15.3. The van der Waals surface area contributed by atoms with Crippen LogP contribution in [0.3, 0.4) is 0 Å². The van der Waals surface area contributed by atoms with E-state index in [-0.39, 0.29) is 19.1 Å². The Labute approximate surface area is 226 Å². The monoisotopic (exact) mass is 541 g/mol. The lowest BCUT2D eigenvalue weighted by atomic mass is 10.2. The van der Waals surface area contributed by atoms with Crippen molar-refractivity contribution in [2.45, 2.75) is 6.54 Å². The average molecular weight is 542 g/mol. The van der Waals surface area contributed by atoms with Crippen LogP contribution in [0.15, 0.2) is 66.3 Å². The molecular weight excluding hydrogens is 510 g/mol. The largest absolute Gasteiger partial charge is 0.456 e. The zero-order valence-corrected chi connectivity index (χ0v) is 21.9. The molecule has 0 bridgehead atoms. The van der Waals surface area contributed by atoms with Gasteiger partial charge in [0, 0.05) is 37.6 Å². The average Bonchev–Trinajstić information content (AvgIpc) is 3.31. The van der Waals surface area contributed by atoms with Gasteiger partial charge >= 0.3 is 0 Å². The fourth-order valence-electron chi connectivity index (χ4n) is 3.58. The number of halogens is 1. The van der Waals surface area contributed by atoms with Gasteiger partial charge in [0.2, 0.25) is 0 Å². The summed E-state index contributed by atoms with van der Waals surface area (Å²) < 4.78 is 18.2. The van der Waals surface area contributed by atoms with E-state index in [1.165, 1.54) is 6.34 Å². The number of nitrogens with zero attached hydrogens (tertiary/aromatic N) is 2. The molecule has 0 fully saturated rings. The van der Waals surface area contributed by atoms with E-state index in [4.69, 9.17) is 36.7 Å². The molecule has 5 N–H and O–H groups in total. The van der Waals surface area contributed by atoms with Crippen LogP contribution in [0.2, 0.25) is 5.02 Å². The smallest absolute Gasteiger partial charge is 0.251 e. The number of aromatic nitrogens is 1. The first kappa shape index (κ1) is 28.7. The molecule has 0 atom stereocenters. The number of methoxy groups -OCH3 is 1. The third kappa shape index (κ3) is 8.09. The molecule has 0 saturated carbocycles. The van der Waals surface area contributed by atoms with Crippen molar-refractivity contribution in [2.75, 3.05) is 45.4 Å². The Morgan fingerprint density at radius 3 is 2.79 bits per heavy atom. The SMILES string of the molecule is C=C(Nc1ccc(Oc2cccc(C(=O)NCCOC)c2)c(Cl)c1)c1c(N=CN)ccn1CCOCCO. The fourth-order valence-corrected chi connectivity index (χ4v) is 3.80. The highest BCUT2D eigenvalue weighted by atomic mass is 35.5. The quantitative estimate of drug-likeness (QED) is 0.130. The van der Waals surface area contributed by atoms with Crippen LogP contribution in [-0.4, -0.2) is 62.0 Å².